The second kappa shape index (κ2) is 6.92. The summed E-state index contributed by atoms with van der Waals surface area (Å²) >= 11 is 0. The number of nitrogens with zero attached hydrogens (tertiary/aromatic N) is 4. The number of likely N-dealkylation sites (N-methyl/N-ethyl adjacent to an activating group) is 1. The van der Waals surface area contributed by atoms with Crippen molar-refractivity contribution < 1.29 is 14.6 Å². The van der Waals surface area contributed by atoms with E-state index >= 15 is 0 Å². The molecule has 0 aliphatic heterocycles. The number of ether oxygens (including phenoxy) is 2. The summed E-state index contributed by atoms with van der Waals surface area (Å²) in [5, 5.41) is 9.62. The molecule has 1 aromatic heterocycles. The molecule has 0 aliphatic carbocycles. The Morgan fingerprint density at radius 2 is 2.11 bits per heavy atom. The average Bonchev–Trinajstić information content (AvgIpc) is 2.28. The van der Waals surface area contributed by atoms with E-state index in [0.717, 1.165) is 0 Å². The Hall–Kier alpha value is -1.67. The average molecular weight is 257 g/mol. The van der Waals surface area contributed by atoms with Gasteiger partial charge in [-0.15, -0.1) is 0 Å². The molecule has 3 N–H and O–H groups in total. The summed E-state index contributed by atoms with van der Waals surface area (Å²) in [6.07, 6.45) is -0.631. The van der Waals surface area contributed by atoms with E-state index in [9.17, 15) is 5.11 Å². The van der Waals surface area contributed by atoms with E-state index in [1.54, 1.807) is 11.9 Å². The quantitative estimate of drug-likeness (QED) is 0.660. The number of aliphatic hydroxyl groups excluding tert-OH is 1. The molecule has 0 aliphatic rings. The number of nitrogen functional groups attached to an aromatic ring is 1. The van der Waals surface area contributed by atoms with Gasteiger partial charge in [-0.3, -0.25) is 0 Å². The van der Waals surface area contributed by atoms with Crippen LogP contribution in [0.4, 0.5) is 11.9 Å². The van der Waals surface area contributed by atoms with Gasteiger partial charge in [0.05, 0.1) is 19.3 Å². The maximum Gasteiger partial charge on any atom is 0.323 e. The second-order valence-corrected chi connectivity index (χ2v) is 3.70. The molecule has 18 heavy (non-hydrogen) atoms. The van der Waals surface area contributed by atoms with E-state index in [4.69, 9.17) is 15.2 Å². The molecule has 0 spiro atoms. The Morgan fingerprint density at radius 1 is 1.39 bits per heavy atom. The van der Waals surface area contributed by atoms with Crippen LogP contribution in [0.15, 0.2) is 0 Å². The van der Waals surface area contributed by atoms with Gasteiger partial charge < -0.3 is 25.2 Å². The standard InChI is InChI=1S/C10H19N5O3/c1-4-18-10-13-8(11)12-9(14-10)15(2)5-7(16)6-17-3/h7,16H,4-6H2,1-3H3,(H2,11,12,13,14). The molecule has 1 rings (SSSR count). The zero-order valence-corrected chi connectivity index (χ0v) is 10.8. The van der Waals surface area contributed by atoms with Gasteiger partial charge in [-0.05, 0) is 6.92 Å². The Kier molecular flexibility index (Phi) is 5.53. The summed E-state index contributed by atoms with van der Waals surface area (Å²) in [6, 6.07) is 0.174. The van der Waals surface area contributed by atoms with Crippen molar-refractivity contribution >= 4 is 11.9 Å². The number of anilines is 2. The van der Waals surface area contributed by atoms with Gasteiger partial charge in [0.1, 0.15) is 0 Å². The van der Waals surface area contributed by atoms with Crippen LogP contribution in [0, 0.1) is 0 Å². The lowest BCUT2D eigenvalue weighted by atomic mass is 10.3. The predicted molar refractivity (Wildman–Crippen MR) is 66.6 cm³/mol. The molecular formula is C10H19N5O3. The van der Waals surface area contributed by atoms with Crippen LogP contribution >= 0.6 is 0 Å². The summed E-state index contributed by atoms with van der Waals surface area (Å²) in [6.45, 7) is 2.83. The molecule has 0 amide bonds. The third-order valence-corrected chi connectivity index (χ3v) is 2.08. The maximum absolute atomic E-state index is 9.62. The fourth-order valence-electron chi connectivity index (χ4n) is 1.37. The van der Waals surface area contributed by atoms with Gasteiger partial charge in [0.2, 0.25) is 11.9 Å². The van der Waals surface area contributed by atoms with E-state index in [2.05, 4.69) is 15.0 Å². The van der Waals surface area contributed by atoms with Crippen molar-refractivity contribution in [1.82, 2.24) is 15.0 Å². The van der Waals surface area contributed by atoms with Gasteiger partial charge in [0, 0.05) is 20.7 Å². The first kappa shape index (κ1) is 14.4. The Morgan fingerprint density at radius 3 is 2.72 bits per heavy atom. The first-order valence-electron chi connectivity index (χ1n) is 5.59. The molecule has 8 heteroatoms. The highest BCUT2D eigenvalue weighted by atomic mass is 16.5. The van der Waals surface area contributed by atoms with Crippen LogP contribution < -0.4 is 15.4 Å². The molecule has 0 radical (unpaired) electrons. The molecule has 0 saturated carbocycles. The van der Waals surface area contributed by atoms with Crippen molar-refractivity contribution in [2.75, 3.05) is 44.5 Å². The highest BCUT2D eigenvalue weighted by Gasteiger charge is 2.13. The van der Waals surface area contributed by atoms with E-state index in [1.807, 2.05) is 6.92 Å². The number of rotatable bonds is 7. The van der Waals surface area contributed by atoms with Crippen LogP contribution in [0.1, 0.15) is 6.92 Å². The van der Waals surface area contributed by atoms with Crippen molar-refractivity contribution in [1.29, 1.82) is 0 Å². The summed E-state index contributed by atoms with van der Waals surface area (Å²) < 4.78 is 10.0. The number of aromatic nitrogens is 3. The highest BCUT2D eigenvalue weighted by Crippen LogP contribution is 2.12. The largest absolute Gasteiger partial charge is 0.464 e. The van der Waals surface area contributed by atoms with Gasteiger partial charge in [-0.1, -0.05) is 0 Å². The van der Waals surface area contributed by atoms with Gasteiger partial charge in [-0.25, -0.2) is 0 Å². The lowest BCUT2D eigenvalue weighted by molar-refractivity contribution is 0.0693. The van der Waals surface area contributed by atoms with Gasteiger partial charge >= 0.3 is 6.01 Å². The zero-order chi connectivity index (χ0) is 13.5. The molecule has 1 aromatic rings. The Balaban J connectivity index is 2.74. The monoisotopic (exact) mass is 257 g/mol. The number of hydrogen-bond acceptors (Lipinski definition) is 8. The minimum Gasteiger partial charge on any atom is -0.464 e. The molecule has 1 atom stereocenters. The molecule has 0 fully saturated rings. The minimum absolute atomic E-state index is 0.0801. The number of aliphatic hydroxyl groups is 1. The maximum atomic E-state index is 9.62. The molecule has 1 unspecified atom stereocenters. The van der Waals surface area contributed by atoms with E-state index < -0.39 is 6.10 Å². The Bertz CT molecular complexity index is 377. The van der Waals surface area contributed by atoms with Gasteiger partial charge in [0.25, 0.3) is 0 Å². The van der Waals surface area contributed by atoms with Crippen LogP contribution in [-0.2, 0) is 4.74 Å². The summed E-state index contributed by atoms with van der Waals surface area (Å²) in [7, 11) is 3.26. The summed E-state index contributed by atoms with van der Waals surface area (Å²) in [4.78, 5) is 13.6. The van der Waals surface area contributed by atoms with Crippen LogP contribution in [0.2, 0.25) is 0 Å². The van der Waals surface area contributed by atoms with Crippen LogP contribution in [0.25, 0.3) is 0 Å². The fourth-order valence-corrected chi connectivity index (χ4v) is 1.37. The lowest BCUT2D eigenvalue weighted by Gasteiger charge is -2.20. The predicted octanol–water partition coefficient (Wildman–Crippen LogP) is -0.704. The minimum atomic E-state index is -0.631. The van der Waals surface area contributed by atoms with Gasteiger partial charge in [0.15, 0.2) is 0 Å². The van der Waals surface area contributed by atoms with Gasteiger partial charge in [-0.2, -0.15) is 15.0 Å². The van der Waals surface area contributed by atoms with Crippen molar-refractivity contribution in [3.8, 4) is 6.01 Å². The first-order chi connectivity index (χ1) is 8.56. The molecule has 0 saturated heterocycles. The molecular weight excluding hydrogens is 238 g/mol. The normalized spacial score (nSPS) is 12.2. The van der Waals surface area contributed by atoms with E-state index in [-0.39, 0.29) is 18.6 Å². The summed E-state index contributed by atoms with van der Waals surface area (Å²) in [5.74, 6) is 0.428. The molecule has 0 aromatic carbocycles. The van der Waals surface area contributed by atoms with E-state index in [1.165, 1.54) is 7.11 Å². The Labute approximate surface area is 106 Å². The van der Waals surface area contributed by atoms with Crippen LogP contribution in [-0.4, -0.2) is 60.1 Å². The third kappa shape index (κ3) is 4.30. The van der Waals surface area contributed by atoms with Crippen molar-refractivity contribution in [2.24, 2.45) is 0 Å². The van der Waals surface area contributed by atoms with Crippen LogP contribution in [0.3, 0.4) is 0 Å². The lowest BCUT2D eigenvalue weighted by Crippen LogP contribution is -2.33. The van der Waals surface area contributed by atoms with Crippen LogP contribution in [0.5, 0.6) is 6.01 Å². The van der Waals surface area contributed by atoms with Crippen molar-refractivity contribution in [3.05, 3.63) is 0 Å². The SMILES string of the molecule is CCOc1nc(N)nc(N(C)CC(O)COC)n1. The number of hydrogen-bond donors (Lipinski definition) is 2. The smallest absolute Gasteiger partial charge is 0.323 e. The molecule has 1 heterocycles. The summed E-state index contributed by atoms with van der Waals surface area (Å²) in [5.41, 5.74) is 5.56. The number of methoxy groups -OCH3 is 1. The van der Waals surface area contributed by atoms with E-state index in [0.29, 0.717) is 19.1 Å². The molecule has 102 valence electrons. The molecule has 0 bridgehead atoms. The third-order valence-electron chi connectivity index (χ3n) is 2.08. The zero-order valence-electron chi connectivity index (χ0n) is 10.8. The van der Waals surface area contributed by atoms with Crippen molar-refractivity contribution in [3.63, 3.8) is 0 Å². The highest BCUT2D eigenvalue weighted by molar-refractivity contribution is 5.35. The molecule has 8 nitrogen and oxygen atoms in total. The van der Waals surface area contributed by atoms with Crippen molar-refractivity contribution in [2.45, 2.75) is 13.0 Å². The topological polar surface area (TPSA) is 107 Å². The fraction of sp³-hybridized carbons (Fsp3) is 0.700. The number of nitrogens with two attached hydrogens (primary N) is 1. The second-order valence-electron chi connectivity index (χ2n) is 3.70. The first-order valence-corrected chi connectivity index (χ1v) is 5.59.